The quantitative estimate of drug-likeness (QED) is 0.575. The molecule has 0 heterocycles. The monoisotopic (exact) mass is 171 g/mol. The number of amides is 1. The molecule has 0 spiro atoms. The zero-order chi connectivity index (χ0) is 9.56. The number of hydrogen-bond donors (Lipinski definition) is 1. The fourth-order valence-corrected chi connectivity index (χ4v) is 0.834. The lowest BCUT2D eigenvalue weighted by Crippen LogP contribution is -2.34. The van der Waals surface area contributed by atoms with Crippen molar-refractivity contribution in [1.29, 1.82) is 0 Å². The van der Waals surface area contributed by atoms with Gasteiger partial charge in [0.1, 0.15) is 5.78 Å². The molecule has 0 aliphatic carbocycles. The molecule has 0 aliphatic rings. The molecule has 12 heavy (non-hydrogen) atoms. The van der Waals surface area contributed by atoms with E-state index in [2.05, 4.69) is 5.32 Å². The van der Waals surface area contributed by atoms with Crippen LogP contribution < -0.4 is 5.32 Å². The minimum absolute atomic E-state index is 0.0222. The molecule has 0 aromatic heterocycles. The smallest absolute Gasteiger partial charge is 0.207 e. The van der Waals surface area contributed by atoms with Crippen LogP contribution in [-0.4, -0.2) is 24.0 Å². The summed E-state index contributed by atoms with van der Waals surface area (Å²) in [5.41, 5.74) is 0. The summed E-state index contributed by atoms with van der Waals surface area (Å²) in [4.78, 5) is 31.4. The average Bonchev–Trinajstić information content (AvgIpc) is 1.96. The van der Waals surface area contributed by atoms with E-state index in [9.17, 15) is 14.4 Å². The van der Waals surface area contributed by atoms with Crippen LogP contribution in [0.15, 0.2) is 0 Å². The van der Waals surface area contributed by atoms with E-state index in [0.29, 0.717) is 19.3 Å². The van der Waals surface area contributed by atoms with Gasteiger partial charge in [-0.25, -0.2) is 0 Å². The highest BCUT2D eigenvalue weighted by Crippen LogP contribution is 1.98. The van der Waals surface area contributed by atoms with E-state index in [4.69, 9.17) is 0 Å². The summed E-state index contributed by atoms with van der Waals surface area (Å²) in [5, 5.41) is 2.36. The van der Waals surface area contributed by atoms with Gasteiger partial charge in [-0.1, -0.05) is 0 Å². The molecule has 0 saturated heterocycles. The number of ketones is 2. The third kappa shape index (κ3) is 4.60. The van der Waals surface area contributed by atoms with Crippen LogP contribution in [0.4, 0.5) is 0 Å². The lowest BCUT2D eigenvalue weighted by molar-refractivity contribution is -0.122. The van der Waals surface area contributed by atoms with Crippen molar-refractivity contribution in [2.24, 2.45) is 0 Å². The number of carbonyl (C=O) groups excluding carboxylic acids is 3. The van der Waals surface area contributed by atoms with E-state index in [1.807, 2.05) is 0 Å². The molecule has 0 aromatic rings. The Morgan fingerprint density at radius 3 is 2.33 bits per heavy atom. The Morgan fingerprint density at radius 1 is 1.42 bits per heavy atom. The van der Waals surface area contributed by atoms with Crippen LogP contribution in [0.25, 0.3) is 0 Å². The molecule has 0 rings (SSSR count). The average molecular weight is 171 g/mol. The molecule has 1 amide bonds. The van der Waals surface area contributed by atoms with Crippen molar-refractivity contribution in [2.45, 2.75) is 32.7 Å². The molecule has 0 saturated carbocycles. The molecule has 0 radical (unpaired) electrons. The van der Waals surface area contributed by atoms with Crippen LogP contribution in [0.2, 0.25) is 0 Å². The number of carbonyl (C=O) groups is 3. The van der Waals surface area contributed by atoms with E-state index < -0.39 is 6.04 Å². The van der Waals surface area contributed by atoms with E-state index in [0.717, 1.165) is 0 Å². The SMILES string of the molecule is CC(=O)CCC(NC=O)C(C)=O. The van der Waals surface area contributed by atoms with Crippen LogP contribution in [0, 0.1) is 0 Å². The fourth-order valence-electron chi connectivity index (χ4n) is 0.834. The van der Waals surface area contributed by atoms with Gasteiger partial charge in [-0.15, -0.1) is 0 Å². The van der Waals surface area contributed by atoms with Gasteiger partial charge in [0.05, 0.1) is 6.04 Å². The number of nitrogens with one attached hydrogen (secondary N) is 1. The van der Waals surface area contributed by atoms with E-state index >= 15 is 0 Å². The summed E-state index contributed by atoms with van der Waals surface area (Å²) >= 11 is 0. The summed E-state index contributed by atoms with van der Waals surface area (Å²) < 4.78 is 0. The topological polar surface area (TPSA) is 63.2 Å². The second-order valence-electron chi connectivity index (χ2n) is 2.69. The number of Topliss-reactive ketones (excluding diaryl/α,β-unsaturated/α-hetero) is 2. The molecule has 0 fully saturated rings. The van der Waals surface area contributed by atoms with E-state index in [1.165, 1.54) is 13.8 Å². The number of hydrogen-bond acceptors (Lipinski definition) is 3. The van der Waals surface area contributed by atoms with Crippen LogP contribution in [-0.2, 0) is 14.4 Å². The normalized spacial score (nSPS) is 11.8. The van der Waals surface area contributed by atoms with Gasteiger partial charge in [-0.2, -0.15) is 0 Å². The highest BCUT2D eigenvalue weighted by Gasteiger charge is 2.12. The summed E-state index contributed by atoms with van der Waals surface area (Å²) in [6.45, 7) is 2.85. The van der Waals surface area contributed by atoms with Gasteiger partial charge in [0, 0.05) is 6.42 Å². The Kier molecular flexibility index (Phi) is 4.92. The molecular weight excluding hydrogens is 158 g/mol. The molecule has 0 aromatic carbocycles. The van der Waals surface area contributed by atoms with Crippen molar-refractivity contribution in [3.63, 3.8) is 0 Å². The Balaban J connectivity index is 3.86. The predicted molar refractivity (Wildman–Crippen MR) is 43.6 cm³/mol. The first-order valence-electron chi connectivity index (χ1n) is 3.77. The van der Waals surface area contributed by atoms with Gasteiger partial charge in [0.25, 0.3) is 0 Å². The van der Waals surface area contributed by atoms with Crippen LogP contribution in [0.3, 0.4) is 0 Å². The molecule has 1 unspecified atom stereocenters. The Hall–Kier alpha value is -1.19. The fraction of sp³-hybridized carbons (Fsp3) is 0.625. The Labute approximate surface area is 71.3 Å². The standard InChI is InChI=1S/C8H13NO3/c1-6(11)3-4-8(7(2)12)9-5-10/h5,8H,3-4H2,1-2H3,(H,9,10). The second kappa shape index (κ2) is 5.46. The lowest BCUT2D eigenvalue weighted by Gasteiger charge is -2.10. The van der Waals surface area contributed by atoms with E-state index in [-0.39, 0.29) is 11.6 Å². The Morgan fingerprint density at radius 2 is 2.00 bits per heavy atom. The summed E-state index contributed by atoms with van der Waals surface area (Å²) in [6.07, 6.45) is 1.20. The molecule has 68 valence electrons. The maximum absolute atomic E-state index is 10.8. The van der Waals surface area contributed by atoms with E-state index in [1.54, 1.807) is 0 Å². The molecule has 1 atom stereocenters. The largest absolute Gasteiger partial charge is 0.349 e. The number of rotatable bonds is 6. The highest BCUT2D eigenvalue weighted by atomic mass is 16.1. The highest BCUT2D eigenvalue weighted by molar-refractivity contribution is 5.84. The molecule has 0 bridgehead atoms. The van der Waals surface area contributed by atoms with Crippen LogP contribution in [0.1, 0.15) is 26.7 Å². The van der Waals surface area contributed by atoms with Crippen LogP contribution >= 0.6 is 0 Å². The maximum Gasteiger partial charge on any atom is 0.207 e. The van der Waals surface area contributed by atoms with Gasteiger partial charge in [-0.05, 0) is 20.3 Å². The van der Waals surface area contributed by atoms with Gasteiger partial charge >= 0.3 is 0 Å². The third-order valence-electron chi connectivity index (χ3n) is 1.55. The van der Waals surface area contributed by atoms with Gasteiger partial charge in [-0.3, -0.25) is 9.59 Å². The minimum atomic E-state index is -0.508. The molecular formula is C8H13NO3. The first-order chi connectivity index (χ1) is 5.57. The lowest BCUT2D eigenvalue weighted by atomic mass is 10.1. The molecule has 1 N–H and O–H groups in total. The maximum atomic E-state index is 10.8. The summed E-state index contributed by atoms with van der Waals surface area (Å²) in [5.74, 6) is -0.0997. The first-order valence-corrected chi connectivity index (χ1v) is 3.77. The van der Waals surface area contributed by atoms with Crippen LogP contribution in [0.5, 0.6) is 0 Å². The Bertz CT molecular complexity index is 189. The zero-order valence-corrected chi connectivity index (χ0v) is 7.29. The molecule has 0 aliphatic heterocycles. The molecule has 4 nitrogen and oxygen atoms in total. The second-order valence-corrected chi connectivity index (χ2v) is 2.69. The van der Waals surface area contributed by atoms with Crippen molar-refractivity contribution in [3.8, 4) is 0 Å². The summed E-state index contributed by atoms with van der Waals surface area (Å²) in [7, 11) is 0. The van der Waals surface area contributed by atoms with Crippen molar-refractivity contribution >= 4 is 18.0 Å². The molecule has 4 heteroatoms. The van der Waals surface area contributed by atoms with Crippen molar-refractivity contribution in [1.82, 2.24) is 5.32 Å². The van der Waals surface area contributed by atoms with Crippen molar-refractivity contribution < 1.29 is 14.4 Å². The van der Waals surface area contributed by atoms with Gasteiger partial charge in [0.2, 0.25) is 6.41 Å². The zero-order valence-electron chi connectivity index (χ0n) is 7.29. The first kappa shape index (κ1) is 10.8. The minimum Gasteiger partial charge on any atom is -0.349 e. The third-order valence-corrected chi connectivity index (χ3v) is 1.55. The van der Waals surface area contributed by atoms with Gasteiger partial charge in [0.15, 0.2) is 5.78 Å². The van der Waals surface area contributed by atoms with Crippen molar-refractivity contribution in [3.05, 3.63) is 0 Å². The predicted octanol–water partition coefficient (Wildman–Crippen LogP) is 0.0592. The van der Waals surface area contributed by atoms with Crippen molar-refractivity contribution in [2.75, 3.05) is 0 Å². The van der Waals surface area contributed by atoms with Gasteiger partial charge < -0.3 is 10.1 Å². The summed E-state index contributed by atoms with van der Waals surface area (Å²) in [6, 6.07) is -0.508.